The van der Waals surface area contributed by atoms with Crippen LogP contribution in [0.25, 0.3) is 0 Å². The molecule has 1 aromatic heterocycles. The summed E-state index contributed by atoms with van der Waals surface area (Å²) in [6.45, 7) is 0.754. The molecule has 0 radical (unpaired) electrons. The lowest BCUT2D eigenvalue weighted by Crippen LogP contribution is -2.46. The predicted molar refractivity (Wildman–Crippen MR) is 87.7 cm³/mol. The number of urea groups is 1. The first-order valence-electron chi connectivity index (χ1n) is 7.99. The van der Waals surface area contributed by atoms with E-state index in [1.54, 1.807) is 29.4 Å². The van der Waals surface area contributed by atoms with Crippen LogP contribution in [0.3, 0.4) is 0 Å². The molecule has 0 bridgehead atoms. The summed E-state index contributed by atoms with van der Waals surface area (Å²) in [5.41, 5.74) is 1.68. The molecule has 2 amide bonds. The first kappa shape index (κ1) is 16.4. The molecule has 3 rings (SSSR count). The van der Waals surface area contributed by atoms with Crippen molar-refractivity contribution in [2.24, 2.45) is 0 Å². The number of halogens is 1. The van der Waals surface area contributed by atoms with Crippen LogP contribution >= 0.6 is 0 Å². The van der Waals surface area contributed by atoms with E-state index < -0.39 is 6.10 Å². The minimum absolute atomic E-state index is 0.246. The maximum Gasteiger partial charge on any atom is 0.318 e. The molecule has 5 nitrogen and oxygen atoms in total. The average Bonchev–Trinajstić information content (AvgIpc) is 2.95. The van der Waals surface area contributed by atoms with Crippen LogP contribution in [0.2, 0.25) is 0 Å². The van der Waals surface area contributed by atoms with Gasteiger partial charge in [-0.15, -0.1) is 0 Å². The van der Waals surface area contributed by atoms with Crippen molar-refractivity contribution in [2.45, 2.75) is 31.5 Å². The summed E-state index contributed by atoms with van der Waals surface area (Å²) in [5.74, 6) is -0.326. The zero-order valence-electron chi connectivity index (χ0n) is 13.2. The third-order valence-corrected chi connectivity index (χ3v) is 4.27. The van der Waals surface area contributed by atoms with Crippen molar-refractivity contribution < 1.29 is 14.3 Å². The second-order valence-electron chi connectivity index (χ2n) is 5.97. The fourth-order valence-corrected chi connectivity index (χ4v) is 3.02. The number of nitrogens with one attached hydrogen (secondary N) is 1. The number of carbonyl (C=O) groups is 1. The van der Waals surface area contributed by atoms with Crippen molar-refractivity contribution >= 4 is 6.03 Å². The highest BCUT2D eigenvalue weighted by atomic mass is 19.1. The predicted octanol–water partition coefficient (Wildman–Crippen LogP) is 2.11. The highest BCUT2D eigenvalue weighted by molar-refractivity contribution is 5.75. The molecule has 126 valence electrons. The van der Waals surface area contributed by atoms with E-state index in [4.69, 9.17) is 0 Å². The van der Waals surface area contributed by atoms with Crippen LogP contribution in [-0.4, -0.2) is 39.7 Å². The lowest BCUT2D eigenvalue weighted by atomic mass is 10.0. The Hall–Kier alpha value is -2.47. The van der Waals surface area contributed by atoms with Crippen molar-refractivity contribution in [3.05, 3.63) is 65.7 Å². The van der Waals surface area contributed by atoms with Crippen LogP contribution in [0.1, 0.15) is 17.5 Å². The highest BCUT2D eigenvalue weighted by Crippen LogP contribution is 2.21. The number of aromatic nitrogens is 1. The summed E-state index contributed by atoms with van der Waals surface area (Å²) in [6, 6.07) is 9.38. The smallest absolute Gasteiger partial charge is 0.318 e. The zero-order chi connectivity index (χ0) is 16.9. The molecule has 1 fully saturated rings. The van der Waals surface area contributed by atoms with Gasteiger partial charge >= 0.3 is 6.03 Å². The summed E-state index contributed by atoms with van der Waals surface area (Å²) in [6.07, 6.45) is 4.00. The van der Waals surface area contributed by atoms with Crippen LogP contribution in [0.5, 0.6) is 0 Å². The SMILES string of the molecule is O=C(NCc1cccc(F)c1)N1CC[C@@H](O)[C@H]1Cc1cccnc1. The minimum Gasteiger partial charge on any atom is -0.391 e. The number of rotatable bonds is 4. The molecule has 0 unspecified atom stereocenters. The largest absolute Gasteiger partial charge is 0.391 e. The van der Waals surface area contributed by atoms with Crippen molar-refractivity contribution in [1.82, 2.24) is 15.2 Å². The Morgan fingerprint density at radius 2 is 2.17 bits per heavy atom. The van der Waals surface area contributed by atoms with Crippen LogP contribution < -0.4 is 5.32 Å². The van der Waals surface area contributed by atoms with Gasteiger partial charge in [0.15, 0.2) is 0 Å². The number of carbonyl (C=O) groups excluding carboxylic acids is 1. The Balaban J connectivity index is 1.62. The first-order chi connectivity index (χ1) is 11.6. The molecule has 1 aliphatic heterocycles. The summed E-state index contributed by atoms with van der Waals surface area (Å²) >= 11 is 0. The van der Waals surface area contributed by atoms with E-state index in [0.29, 0.717) is 24.9 Å². The molecule has 2 atom stereocenters. The summed E-state index contributed by atoms with van der Waals surface area (Å²) in [7, 11) is 0. The maximum absolute atomic E-state index is 13.2. The highest BCUT2D eigenvalue weighted by Gasteiger charge is 2.35. The summed E-state index contributed by atoms with van der Waals surface area (Å²) < 4.78 is 13.2. The van der Waals surface area contributed by atoms with Crippen molar-refractivity contribution in [3.63, 3.8) is 0 Å². The number of benzene rings is 1. The Bertz CT molecular complexity index is 696. The second kappa shape index (κ2) is 7.40. The van der Waals surface area contributed by atoms with Crippen molar-refractivity contribution in [3.8, 4) is 0 Å². The van der Waals surface area contributed by atoms with E-state index in [0.717, 1.165) is 5.56 Å². The quantitative estimate of drug-likeness (QED) is 0.903. The summed E-state index contributed by atoms with van der Waals surface area (Å²) in [5, 5.41) is 13.0. The molecule has 24 heavy (non-hydrogen) atoms. The van der Waals surface area contributed by atoms with Gasteiger partial charge in [-0.3, -0.25) is 4.98 Å². The molecule has 0 aliphatic carbocycles. The van der Waals surface area contributed by atoms with Gasteiger partial charge in [-0.05, 0) is 42.2 Å². The molecular weight excluding hydrogens is 309 g/mol. The van der Waals surface area contributed by atoms with E-state index in [1.165, 1.54) is 12.1 Å². The van der Waals surface area contributed by atoms with E-state index >= 15 is 0 Å². The van der Waals surface area contributed by atoms with E-state index in [2.05, 4.69) is 10.3 Å². The topological polar surface area (TPSA) is 65.5 Å². The molecule has 1 aliphatic rings. The van der Waals surface area contributed by atoms with E-state index in [9.17, 15) is 14.3 Å². The average molecular weight is 329 g/mol. The first-order valence-corrected chi connectivity index (χ1v) is 7.99. The molecule has 0 saturated carbocycles. The van der Waals surface area contributed by atoms with E-state index in [-0.39, 0.29) is 24.4 Å². The lowest BCUT2D eigenvalue weighted by Gasteiger charge is -2.26. The lowest BCUT2D eigenvalue weighted by molar-refractivity contribution is 0.122. The van der Waals surface area contributed by atoms with Crippen molar-refractivity contribution in [1.29, 1.82) is 0 Å². The molecule has 1 saturated heterocycles. The van der Waals surface area contributed by atoms with Gasteiger partial charge in [0.25, 0.3) is 0 Å². The van der Waals surface area contributed by atoms with Crippen LogP contribution in [-0.2, 0) is 13.0 Å². The molecule has 2 aromatic rings. The number of hydrogen-bond donors (Lipinski definition) is 2. The van der Waals surface area contributed by atoms with Crippen LogP contribution in [0, 0.1) is 5.82 Å². The molecular formula is C18H20FN3O2. The Kier molecular flexibility index (Phi) is 5.05. The monoisotopic (exact) mass is 329 g/mol. The number of nitrogens with zero attached hydrogens (tertiary/aromatic N) is 2. The van der Waals surface area contributed by atoms with Gasteiger partial charge in [0.2, 0.25) is 0 Å². The van der Waals surface area contributed by atoms with Crippen LogP contribution in [0.4, 0.5) is 9.18 Å². The number of likely N-dealkylation sites (tertiary alicyclic amines) is 1. The van der Waals surface area contributed by atoms with Gasteiger partial charge in [-0.2, -0.15) is 0 Å². The van der Waals surface area contributed by atoms with Gasteiger partial charge in [0.05, 0.1) is 12.1 Å². The zero-order valence-corrected chi connectivity index (χ0v) is 13.2. The second-order valence-corrected chi connectivity index (χ2v) is 5.97. The number of pyridine rings is 1. The maximum atomic E-state index is 13.2. The number of aliphatic hydroxyl groups is 1. The Morgan fingerprint density at radius 3 is 2.92 bits per heavy atom. The number of hydrogen-bond acceptors (Lipinski definition) is 3. The number of aliphatic hydroxyl groups excluding tert-OH is 1. The fourth-order valence-electron chi connectivity index (χ4n) is 3.02. The molecule has 1 aromatic carbocycles. The van der Waals surface area contributed by atoms with Crippen molar-refractivity contribution in [2.75, 3.05) is 6.54 Å². The number of amides is 2. The normalized spacial score (nSPS) is 20.2. The van der Waals surface area contributed by atoms with Gasteiger partial charge in [-0.1, -0.05) is 18.2 Å². The molecule has 2 heterocycles. The minimum atomic E-state index is -0.551. The molecule has 2 N–H and O–H groups in total. The van der Waals surface area contributed by atoms with Gasteiger partial charge in [-0.25, -0.2) is 9.18 Å². The van der Waals surface area contributed by atoms with Crippen LogP contribution in [0.15, 0.2) is 48.8 Å². The third kappa shape index (κ3) is 3.89. The standard InChI is InChI=1S/C18H20FN3O2/c19-15-5-1-3-13(9-15)12-21-18(24)22-8-6-17(23)16(22)10-14-4-2-7-20-11-14/h1-5,7,9,11,16-17,23H,6,8,10,12H2,(H,21,24)/t16-,17-/m1/s1. The Labute approximate surface area is 140 Å². The molecule has 6 heteroatoms. The fraction of sp³-hybridized carbons (Fsp3) is 0.333. The third-order valence-electron chi connectivity index (χ3n) is 4.27. The molecule has 0 spiro atoms. The van der Waals surface area contributed by atoms with Gasteiger partial charge in [0, 0.05) is 25.5 Å². The van der Waals surface area contributed by atoms with Gasteiger partial charge in [0.1, 0.15) is 5.82 Å². The van der Waals surface area contributed by atoms with E-state index in [1.807, 2.05) is 12.1 Å². The Morgan fingerprint density at radius 1 is 1.33 bits per heavy atom. The summed E-state index contributed by atoms with van der Waals surface area (Å²) in [4.78, 5) is 18.2. The van der Waals surface area contributed by atoms with Gasteiger partial charge < -0.3 is 15.3 Å².